The van der Waals surface area contributed by atoms with Crippen molar-refractivity contribution in [3.8, 4) is 17.7 Å². The average Bonchev–Trinajstić information content (AvgIpc) is 2.63. The largest absolute Gasteiger partial charge is 0.437 e. The van der Waals surface area contributed by atoms with Gasteiger partial charge in [-0.25, -0.2) is 0 Å². The third kappa shape index (κ3) is 3.72. The molecule has 0 saturated heterocycles. The zero-order valence-electron chi connectivity index (χ0n) is 12.5. The number of hydrogen-bond acceptors (Lipinski definition) is 5. The van der Waals surface area contributed by atoms with Crippen molar-refractivity contribution in [2.45, 2.75) is 0 Å². The molecular formula is C18H12N4O2. The number of nitrogens with one attached hydrogen (secondary N) is 1. The van der Waals surface area contributed by atoms with Crippen LogP contribution in [0, 0.1) is 11.3 Å². The predicted molar refractivity (Wildman–Crippen MR) is 87.7 cm³/mol. The van der Waals surface area contributed by atoms with Crippen LogP contribution in [0.25, 0.3) is 0 Å². The summed E-state index contributed by atoms with van der Waals surface area (Å²) in [5.74, 6) is 0.373. The van der Waals surface area contributed by atoms with Crippen LogP contribution in [0.3, 0.4) is 0 Å². The average molecular weight is 316 g/mol. The maximum Gasteiger partial charge on any atom is 0.255 e. The van der Waals surface area contributed by atoms with Gasteiger partial charge in [0.2, 0.25) is 5.88 Å². The summed E-state index contributed by atoms with van der Waals surface area (Å²) in [6.07, 6.45) is 1.34. The van der Waals surface area contributed by atoms with Crippen LogP contribution in [0.5, 0.6) is 11.6 Å². The lowest BCUT2D eigenvalue weighted by Gasteiger charge is -2.07. The van der Waals surface area contributed by atoms with Crippen LogP contribution in [0.2, 0.25) is 0 Å². The van der Waals surface area contributed by atoms with Crippen LogP contribution in [-0.4, -0.2) is 16.1 Å². The lowest BCUT2D eigenvalue weighted by molar-refractivity contribution is 0.102. The van der Waals surface area contributed by atoms with Crippen molar-refractivity contribution >= 4 is 11.6 Å². The minimum absolute atomic E-state index is 0.190. The highest BCUT2D eigenvalue weighted by atomic mass is 16.5. The number of hydrogen-bond donors (Lipinski definition) is 1. The first-order valence-electron chi connectivity index (χ1n) is 7.12. The van der Waals surface area contributed by atoms with Crippen LogP contribution in [0.4, 0.5) is 5.69 Å². The van der Waals surface area contributed by atoms with Gasteiger partial charge in [-0.1, -0.05) is 24.3 Å². The molecule has 3 aromatic rings. The first-order valence-corrected chi connectivity index (χ1v) is 7.12. The van der Waals surface area contributed by atoms with Gasteiger partial charge in [0.05, 0.1) is 11.8 Å². The van der Waals surface area contributed by atoms with Gasteiger partial charge in [0, 0.05) is 17.3 Å². The second-order valence-electron chi connectivity index (χ2n) is 4.84. The van der Waals surface area contributed by atoms with Crippen LogP contribution >= 0.6 is 0 Å². The van der Waals surface area contributed by atoms with Gasteiger partial charge in [-0.05, 0) is 30.3 Å². The van der Waals surface area contributed by atoms with Crippen LogP contribution in [0.15, 0.2) is 66.9 Å². The molecule has 1 amide bonds. The fourth-order valence-corrected chi connectivity index (χ4v) is 2.00. The summed E-state index contributed by atoms with van der Waals surface area (Å²) in [7, 11) is 0. The van der Waals surface area contributed by atoms with Gasteiger partial charge < -0.3 is 10.1 Å². The molecule has 24 heavy (non-hydrogen) atoms. The van der Waals surface area contributed by atoms with Crippen LogP contribution in [0.1, 0.15) is 15.9 Å². The number of carbonyl (C=O) groups excluding carboxylic acids is 1. The third-order valence-electron chi connectivity index (χ3n) is 3.11. The SMILES string of the molecule is N#Cc1cnnc(Oc2cccc(C(=O)Nc3ccccc3)c2)c1. The monoisotopic (exact) mass is 316 g/mol. The first kappa shape index (κ1) is 15.2. The molecular weight excluding hydrogens is 304 g/mol. The van der Waals surface area contributed by atoms with Gasteiger partial charge in [0.15, 0.2) is 0 Å². The summed E-state index contributed by atoms with van der Waals surface area (Å²) in [6, 6.07) is 19.3. The minimum atomic E-state index is -0.247. The Labute approximate surface area is 138 Å². The lowest BCUT2D eigenvalue weighted by atomic mass is 10.2. The molecule has 1 heterocycles. The van der Waals surface area contributed by atoms with Crippen molar-refractivity contribution < 1.29 is 9.53 Å². The molecule has 0 aliphatic rings. The molecule has 6 nitrogen and oxygen atoms in total. The van der Waals surface area contributed by atoms with Crippen LogP contribution in [-0.2, 0) is 0 Å². The molecule has 2 aromatic carbocycles. The Morgan fingerprint density at radius 3 is 2.71 bits per heavy atom. The zero-order valence-corrected chi connectivity index (χ0v) is 12.5. The Balaban J connectivity index is 1.76. The number of nitriles is 1. The van der Waals surface area contributed by atoms with Crippen molar-refractivity contribution in [2.24, 2.45) is 0 Å². The van der Waals surface area contributed by atoms with E-state index in [9.17, 15) is 4.79 Å². The quantitative estimate of drug-likeness (QED) is 0.797. The number of ether oxygens (including phenoxy) is 1. The maximum atomic E-state index is 12.3. The van der Waals surface area contributed by atoms with Gasteiger partial charge in [0.25, 0.3) is 5.91 Å². The number of carbonyl (C=O) groups is 1. The third-order valence-corrected chi connectivity index (χ3v) is 3.11. The molecule has 1 aromatic heterocycles. The van der Waals surface area contributed by atoms with Gasteiger partial charge in [-0.15, -0.1) is 5.10 Å². The molecule has 1 N–H and O–H groups in total. The lowest BCUT2D eigenvalue weighted by Crippen LogP contribution is -2.11. The molecule has 0 radical (unpaired) electrons. The summed E-state index contributed by atoms with van der Waals surface area (Å²) >= 11 is 0. The Bertz CT molecular complexity index is 904. The van der Waals surface area contributed by atoms with E-state index in [4.69, 9.17) is 10.00 Å². The molecule has 0 saturated carbocycles. The van der Waals surface area contributed by atoms with Gasteiger partial charge >= 0.3 is 0 Å². The number of aromatic nitrogens is 2. The molecule has 0 bridgehead atoms. The van der Waals surface area contributed by atoms with E-state index in [1.54, 1.807) is 36.4 Å². The first-order chi connectivity index (χ1) is 11.7. The smallest absolute Gasteiger partial charge is 0.255 e. The molecule has 3 rings (SSSR count). The summed E-state index contributed by atoms with van der Waals surface area (Å²) in [5.41, 5.74) is 1.50. The van der Waals surface area contributed by atoms with E-state index in [0.29, 0.717) is 22.6 Å². The van der Waals surface area contributed by atoms with E-state index >= 15 is 0 Å². The Kier molecular flexibility index (Phi) is 4.45. The molecule has 0 fully saturated rings. The van der Waals surface area contributed by atoms with Crippen molar-refractivity contribution in [1.82, 2.24) is 10.2 Å². The molecule has 0 aliphatic heterocycles. The number of anilines is 1. The van der Waals surface area contributed by atoms with Gasteiger partial charge in [-0.2, -0.15) is 10.4 Å². The van der Waals surface area contributed by atoms with Crippen LogP contribution < -0.4 is 10.1 Å². The fraction of sp³-hybridized carbons (Fsp3) is 0. The number of para-hydroxylation sites is 1. The standard InChI is InChI=1S/C18H12N4O2/c19-11-13-9-17(22-20-12-13)24-16-8-4-5-14(10-16)18(23)21-15-6-2-1-3-7-15/h1-10,12H,(H,21,23). The summed E-state index contributed by atoms with van der Waals surface area (Å²) < 4.78 is 5.56. The Morgan fingerprint density at radius 1 is 1.08 bits per heavy atom. The second kappa shape index (κ2) is 7.03. The van der Waals surface area contributed by atoms with E-state index in [-0.39, 0.29) is 11.8 Å². The van der Waals surface area contributed by atoms with Gasteiger partial charge in [0.1, 0.15) is 11.8 Å². The molecule has 6 heteroatoms. The van der Waals surface area contributed by atoms with Crippen molar-refractivity contribution in [1.29, 1.82) is 5.26 Å². The van der Waals surface area contributed by atoms with E-state index in [1.165, 1.54) is 12.3 Å². The molecule has 0 unspecified atom stereocenters. The second-order valence-corrected chi connectivity index (χ2v) is 4.84. The number of rotatable bonds is 4. The highest BCUT2D eigenvalue weighted by Crippen LogP contribution is 2.21. The Morgan fingerprint density at radius 2 is 1.92 bits per heavy atom. The topological polar surface area (TPSA) is 87.9 Å². The highest BCUT2D eigenvalue weighted by Gasteiger charge is 2.08. The Hall–Kier alpha value is -3.72. The highest BCUT2D eigenvalue weighted by molar-refractivity contribution is 6.04. The predicted octanol–water partition coefficient (Wildman–Crippen LogP) is 3.39. The zero-order chi connectivity index (χ0) is 16.8. The minimum Gasteiger partial charge on any atom is -0.437 e. The van der Waals surface area contributed by atoms with E-state index < -0.39 is 0 Å². The molecule has 0 atom stereocenters. The van der Waals surface area contributed by atoms with Crippen molar-refractivity contribution in [2.75, 3.05) is 5.32 Å². The van der Waals surface area contributed by atoms with E-state index in [0.717, 1.165) is 0 Å². The normalized spacial score (nSPS) is 9.79. The van der Waals surface area contributed by atoms with E-state index in [1.807, 2.05) is 24.3 Å². The summed E-state index contributed by atoms with van der Waals surface area (Å²) in [6.45, 7) is 0. The molecule has 0 aliphatic carbocycles. The van der Waals surface area contributed by atoms with Crippen molar-refractivity contribution in [3.05, 3.63) is 78.0 Å². The number of nitrogens with zero attached hydrogens (tertiary/aromatic N) is 3. The van der Waals surface area contributed by atoms with Crippen molar-refractivity contribution in [3.63, 3.8) is 0 Å². The molecule has 116 valence electrons. The summed E-state index contributed by atoms with van der Waals surface area (Å²) in [4.78, 5) is 12.3. The van der Waals surface area contributed by atoms with E-state index in [2.05, 4.69) is 15.5 Å². The number of benzene rings is 2. The maximum absolute atomic E-state index is 12.3. The fourth-order valence-electron chi connectivity index (χ4n) is 2.00. The number of amides is 1. The molecule has 0 spiro atoms. The van der Waals surface area contributed by atoms with Gasteiger partial charge in [-0.3, -0.25) is 4.79 Å². The summed E-state index contributed by atoms with van der Waals surface area (Å²) in [5, 5.41) is 19.2.